The van der Waals surface area contributed by atoms with Crippen LogP contribution in [0.5, 0.6) is 0 Å². The molecule has 1 aromatic carbocycles. The second-order valence-electron chi connectivity index (χ2n) is 9.00. The summed E-state index contributed by atoms with van der Waals surface area (Å²) in [6, 6.07) is 11.3. The summed E-state index contributed by atoms with van der Waals surface area (Å²) in [5, 5.41) is 0. The molecule has 192 valence electrons. The van der Waals surface area contributed by atoms with E-state index in [-0.39, 0.29) is 37.7 Å². The molecule has 2 aliphatic rings. The molecule has 0 N–H and O–H groups in total. The minimum atomic E-state index is -0.744. The first kappa shape index (κ1) is 25.8. The van der Waals surface area contributed by atoms with Gasteiger partial charge in [0.05, 0.1) is 12.7 Å². The molecule has 0 amide bonds. The van der Waals surface area contributed by atoms with Gasteiger partial charge in [0.2, 0.25) is 0 Å². The molecule has 36 heavy (non-hydrogen) atoms. The van der Waals surface area contributed by atoms with Crippen LogP contribution >= 0.6 is 0 Å². The molecule has 2 aromatic rings. The Morgan fingerprint density at radius 2 is 1.81 bits per heavy atom. The number of aromatic nitrogens is 1. The molecular formula is C27H31F2N3O4. The van der Waals surface area contributed by atoms with Crippen LogP contribution in [0.25, 0.3) is 0 Å². The lowest BCUT2D eigenvalue weighted by molar-refractivity contribution is 0.0378. The van der Waals surface area contributed by atoms with Gasteiger partial charge in [-0.3, -0.25) is 4.90 Å². The number of rotatable bonds is 8. The first-order chi connectivity index (χ1) is 17.4. The Labute approximate surface area is 210 Å². The van der Waals surface area contributed by atoms with Crippen molar-refractivity contribution in [3.05, 3.63) is 82.8 Å². The smallest absolute Gasteiger partial charge is 0.342 e. The SMILES string of the molecule is CC(C)OC(=O)c1cccnc1N1CCN(Cc2ccc(COC3=C(F)COCC=C3F)cc2)CC1. The van der Waals surface area contributed by atoms with Gasteiger partial charge < -0.3 is 19.1 Å². The molecule has 0 saturated carbocycles. The Hall–Kier alpha value is -3.30. The van der Waals surface area contributed by atoms with Crippen LogP contribution in [-0.2, 0) is 27.4 Å². The Balaban J connectivity index is 1.29. The molecule has 3 heterocycles. The van der Waals surface area contributed by atoms with Crippen molar-refractivity contribution in [3.8, 4) is 0 Å². The van der Waals surface area contributed by atoms with Crippen LogP contribution in [-0.4, -0.2) is 61.3 Å². The van der Waals surface area contributed by atoms with Crippen molar-refractivity contribution in [1.82, 2.24) is 9.88 Å². The largest absolute Gasteiger partial charge is 0.483 e. The van der Waals surface area contributed by atoms with E-state index in [4.69, 9.17) is 14.2 Å². The third kappa shape index (κ3) is 6.67. The number of piperazine rings is 1. The van der Waals surface area contributed by atoms with Crippen molar-refractivity contribution in [1.29, 1.82) is 0 Å². The number of allylic oxidation sites excluding steroid dienone is 1. The fourth-order valence-electron chi connectivity index (χ4n) is 4.07. The first-order valence-electron chi connectivity index (χ1n) is 12.1. The summed E-state index contributed by atoms with van der Waals surface area (Å²) >= 11 is 0. The average Bonchev–Trinajstić information content (AvgIpc) is 3.03. The summed E-state index contributed by atoms with van der Waals surface area (Å²) in [7, 11) is 0. The third-order valence-electron chi connectivity index (χ3n) is 5.91. The van der Waals surface area contributed by atoms with Gasteiger partial charge in [0, 0.05) is 38.9 Å². The van der Waals surface area contributed by atoms with Crippen molar-refractivity contribution in [3.63, 3.8) is 0 Å². The predicted molar refractivity (Wildman–Crippen MR) is 132 cm³/mol. The number of nitrogens with zero attached hydrogens (tertiary/aromatic N) is 3. The van der Waals surface area contributed by atoms with Crippen LogP contribution in [0.2, 0.25) is 0 Å². The minimum absolute atomic E-state index is 0.0166. The number of carbonyl (C=O) groups is 1. The Morgan fingerprint density at radius 3 is 2.53 bits per heavy atom. The average molecular weight is 500 g/mol. The molecule has 0 atom stereocenters. The van der Waals surface area contributed by atoms with E-state index >= 15 is 0 Å². The second-order valence-corrected chi connectivity index (χ2v) is 9.00. The molecular weight excluding hydrogens is 468 g/mol. The van der Waals surface area contributed by atoms with Crippen LogP contribution in [0.1, 0.15) is 35.3 Å². The molecule has 1 saturated heterocycles. The summed E-state index contributed by atoms with van der Waals surface area (Å²) < 4.78 is 43.6. The summed E-state index contributed by atoms with van der Waals surface area (Å²) in [6.07, 6.45) is 2.66. The number of anilines is 1. The van der Waals surface area contributed by atoms with E-state index in [1.807, 2.05) is 38.1 Å². The highest BCUT2D eigenvalue weighted by atomic mass is 19.1. The maximum absolute atomic E-state index is 14.0. The highest BCUT2D eigenvalue weighted by Gasteiger charge is 2.24. The zero-order chi connectivity index (χ0) is 25.5. The fourth-order valence-corrected chi connectivity index (χ4v) is 4.07. The van der Waals surface area contributed by atoms with E-state index in [1.165, 1.54) is 0 Å². The van der Waals surface area contributed by atoms with Gasteiger partial charge in [0.1, 0.15) is 24.6 Å². The topological polar surface area (TPSA) is 64.1 Å². The van der Waals surface area contributed by atoms with Crippen LogP contribution < -0.4 is 4.90 Å². The van der Waals surface area contributed by atoms with Crippen LogP contribution in [0, 0.1) is 0 Å². The molecule has 0 aliphatic carbocycles. The van der Waals surface area contributed by atoms with Gasteiger partial charge in [0.15, 0.2) is 17.4 Å². The lowest BCUT2D eigenvalue weighted by atomic mass is 10.1. The van der Waals surface area contributed by atoms with Gasteiger partial charge in [0.25, 0.3) is 0 Å². The van der Waals surface area contributed by atoms with E-state index < -0.39 is 11.7 Å². The predicted octanol–water partition coefficient (Wildman–Crippen LogP) is 4.55. The van der Waals surface area contributed by atoms with Crippen molar-refractivity contribution in [2.45, 2.75) is 33.1 Å². The molecule has 0 unspecified atom stereocenters. The molecule has 0 bridgehead atoms. The highest BCUT2D eigenvalue weighted by Crippen LogP contribution is 2.24. The second kappa shape index (κ2) is 12.1. The van der Waals surface area contributed by atoms with Crippen molar-refractivity contribution in [2.24, 2.45) is 0 Å². The molecule has 1 fully saturated rings. The molecule has 7 nitrogen and oxygen atoms in total. The van der Waals surface area contributed by atoms with Gasteiger partial charge in [-0.25, -0.2) is 18.6 Å². The van der Waals surface area contributed by atoms with Gasteiger partial charge in [-0.05, 0) is 43.2 Å². The number of hydrogen-bond donors (Lipinski definition) is 0. The molecule has 0 spiro atoms. The number of benzene rings is 1. The van der Waals surface area contributed by atoms with Crippen molar-refractivity contribution >= 4 is 11.8 Å². The van der Waals surface area contributed by atoms with Crippen LogP contribution in [0.15, 0.2) is 66.1 Å². The van der Waals surface area contributed by atoms with E-state index in [0.29, 0.717) is 11.4 Å². The van der Waals surface area contributed by atoms with Gasteiger partial charge in [-0.15, -0.1) is 0 Å². The number of esters is 1. The summed E-state index contributed by atoms with van der Waals surface area (Å²) in [4.78, 5) is 21.4. The normalized spacial score (nSPS) is 17.1. The maximum Gasteiger partial charge on any atom is 0.342 e. The quantitative estimate of drug-likeness (QED) is 0.494. The summed E-state index contributed by atoms with van der Waals surface area (Å²) in [6.45, 7) is 7.34. The van der Waals surface area contributed by atoms with Gasteiger partial charge >= 0.3 is 5.97 Å². The van der Waals surface area contributed by atoms with E-state index in [0.717, 1.165) is 49.9 Å². The van der Waals surface area contributed by atoms with E-state index in [9.17, 15) is 13.6 Å². The van der Waals surface area contributed by atoms with Gasteiger partial charge in [-0.1, -0.05) is 24.3 Å². The molecule has 2 aliphatic heterocycles. The number of pyridine rings is 1. The lowest BCUT2D eigenvalue weighted by Crippen LogP contribution is -2.46. The molecule has 0 radical (unpaired) electrons. The standard InChI is InChI=1S/C27H31F2N3O4/c1-19(2)36-27(33)22-4-3-10-30-26(22)32-13-11-31(12-14-32)16-20-5-7-21(8-6-20)17-35-25-23(28)9-15-34-18-24(25)29/h3-10,19H,11-18H2,1-2H3. The van der Waals surface area contributed by atoms with Crippen LogP contribution in [0.4, 0.5) is 14.6 Å². The number of ether oxygens (including phenoxy) is 3. The monoisotopic (exact) mass is 499 g/mol. The summed E-state index contributed by atoms with van der Waals surface area (Å²) in [5.74, 6) is -1.57. The molecule has 4 rings (SSSR count). The third-order valence-corrected chi connectivity index (χ3v) is 5.91. The molecule has 9 heteroatoms. The number of halogens is 2. The fraction of sp³-hybridized carbons (Fsp3) is 0.407. The van der Waals surface area contributed by atoms with Gasteiger partial charge in [-0.2, -0.15) is 0 Å². The number of carbonyl (C=O) groups excluding carboxylic acids is 1. The Kier molecular flexibility index (Phi) is 8.66. The van der Waals surface area contributed by atoms with Crippen molar-refractivity contribution < 1.29 is 27.8 Å². The zero-order valence-corrected chi connectivity index (χ0v) is 20.6. The Bertz CT molecular complexity index is 1110. The van der Waals surface area contributed by atoms with E-state index in [1.54, 1.807) is 18.3 Å². The van der Waals surface area contributed by atoms with Crippen molar-refractivity contribution in [2.75, 3.05) is 44.3 Å². The van der Waals surface area contributed by atoms with Crippen LogP contribution in [0.3, 0.4) is 0 Å². The summed E-state index contributed by atoms with van der Waals surface area (Å²) in [5.41, 5.74) is 2.43. The molecule has 1 aromatic heterocycles. The zero-order valence-electron chi connectivity index (χ0n) is 20.6. The minimum Gasteiger partial charge on any atom is -0.483 e. The maximum atomic E-state index is 14.0. The Morgan fingerprint density at radius 1 is 1.08 bits per heavy atom. The highest BCUT2D eigenvalue weighted by molar-refractivity contribution is 5.94. The lowest BCUT2D eigenvalue weighted by Gasteiger charge is -2.36. The first-order valence-corrected chi connectivity index (χ1v) is 12.1. The number of hydrogen-bond acceptors (Lipinski definition) is 7. The van der Waals surface area contributed by atoms with E-state index in [2.05, 4.69) is 14.8 Å².